The molecule has 3 rings (SSSR count). The molecule has 2 saturated heterocycles. The molecule has 0 bridgehead atoms. The van der Waals surface area contributed by atoms with Crippen LogP contribution in [-0.4, -0.2) is 59.6 Å². The van der Waals surface area contributed by atoms with E-state index in [-0.39, 0.29) is 24.4 Å². The number of amides is 3. The maximum absolute atomic E-state index is 12.6. The fourth-order valence-corrected chi connectivity index (χ4v) is 3.78. The third kappa shape index (κ3) is 4.36. The number of carbonyl (C=O) groups excluding carboxylic acids is 2. The zero-order valence-electron chi connectivity index (χ0n) is 15.5. The summed E-state index contributed by atoms with van der Waals surface area (Å²) in [4.78, 5) is 28.8. The molecule has 2 unspecified atom stereocenters. The maximum atomic E-state index is 12.6. The van der Waals surface area contributed by atoms with Crippen molar-refractivity contribution in [3.63, 3.8) is 0 Å². The predicted octanol–water partition coefficient (Wildman–Crippen LogP) is 1.94. The number of piperidine rings is 1. The molecule has 2 N–H and O–H groups in total. The third-order valence-electron chi connectivity index (χ3n) is 5.44. The van der Waals surface area contributed by atoms with Gasteiger partial charge in [0.2, 0.25) is 5.91 Å². The van der Waals surface area contributed by atoms with Gasteiger partial charge in [0.05, 0.1) is 12.5 Å². The van der Waals surface area contributed by atoms with Crippen LogP contribution < -0.4 is 5.32 Å². The number of rotatable bonds is 4. The first-order valence-corrected chi connectivity index (χ1v) is 9.57. The summed E-state index contributed by atoms with van der Waals surface area (Å²) in [6.07, 6.45) is 3.76. The molecule has 1 aromatic carbocycles. The quantitative estimate of drug-likeness (QED) is 0.863. The summed E-state index contributed by atoms with van der Waals surface area (Å²) in [5.41, 5.74) is -0.341. The van der Waals surface area contributed by atoms with Gasteiger partial charge < -0.3 is 20.2 Å². The molecule has 2 aliphatic rings. The summed E-state index contributed by atoms with van der Waals surface area (Å²) in [5.74, 6) is -0.290. The molecule has 2 atom stereocenters. The minimum Gasteiger partial charge on any atom is -0.384 e. The second-order valence-electron chi connectivity index (χ2n) is 7.62. The van der Waals surface area contributed by atoms with Crippen LogP contribution in [0.15, 0.2) is 30.3 Å². The molecule has 6 heteroatoms. The molecule has 3 amide bonds. The van der Waals surface area contributed by atoms with Crippen LogP contribution in [0.5, 0.6) is 0 Å². The lowest BCUT2D eigenvalue weighted by molar-refractivity contribution is -0.127. The Kier molecular flexibility index (Phi) is 5.81. The Morgan fingerprint density at radius 1 is 1.12 bits per heavy atom. The van der Waals surface area contributed by atoms with Crippen LogP contribution in [0.25, 0.3) is 0 Å². The van der Waals surface area contributed by atoms with E-state index in [4.69, 9.17) is 0 Å². The van der Waals surface area contributed by atoms with Crippen molar-refractivity contribution < 1.29 is 14.7 Å². The summed E-state index contributed by atoms with van der Waals surface area (Å²) in [7, 11) is 0. The number of carbonyl (C=O) groups is 2. The van der Waals surface area contributed by atoms with Crippen molar-refractivity contribution in [1.82, 2.24) is 15.1 Å². The topological polar surface area (TPSA) is 72.9 Å². The number of nitrogens with one attached hydrogen (secondary N) is 1. The zero-order valence-corrected chi connectivity index (χ0v) is 15.5. The molecule has 26 heavy (non-hydrogen) atoms. The molecule has 2 fully saturated rings. The molecule has 6 nitrogen and oxygen atoms in total. The van der Waals surface area contributed by atoms with E-state index >= 15 is 0 Å². The third-order valence-corrected chi connectivity index (χ3v) is 5.44. The van der Waals surface area contributed by atoms with E-state index < -0.39 is 5.60 Å². The number of hydrogen-bond acceptors (Lipinski definition) is 3. The Labute approximate surface area is 155 Å². The SMILES string of the molecule is CC(O)(CNC(=O)C1CCCN(C(=O)N2CCCC2)C1)c1ccccc1. The fraction of sp³-hybridized carbons (Fsp3) is 0.600. The minimum absolute atomic E-state index is 0.0660. The van der Waals surface area contributed by atoms with Gasteiger partial charge in [0.25, 0.3) is 0 Å². The lowest BCUT2D eigenvalue weighted by Crippen LogP contribution is -2.50. The average Bonchev–Trinajstić information content (AvgIpc) is 3.21. The van der Waals surface area contributed by atoms with E-state index in [1.165, 1.54) is 0 Å². The number of likely N-dealkylation sites (tertiary alicyclic amines) is 2. The van der Waals surface area contributed by atoms with Crippen molar-refractivity contribution >= 4 is 11.9 Å². The van der Waals surface area contributed by atoms with Crippen LogP contribution in [0.3, 0.4) is 0 Å². The van der Waals surface area contributed by atoms with Crippen molar-refractivity contribution in [1.29, 1.82) is 0 Å². The molecular weight excluding hydrogens is 330 g/mol. The highest BCUT2D eigenvalue weighted by atomic mass is 16.3. The smallest absolute Gasteiger partial charge is 0.320 e. The van der Waals surface area contributed by atoms with Crippen LogP contribution >= 0.6 is 0 Å². The average molecular weight is 359 g/mol. The van der Waals surface area contributed by atoms with Gasteiger partial charge in [-0.2, -0.15) is 0 Å². The van der Waals surface area contributed by atoms with Crippen molar-refractivity contribution in [3.05, 3.63) is 35.9 Å². The van der Waals surface area contributed by atoms with Crippen LogP contribution in [0.2, 0.25) is 0 Å². The number of aliphatic hydroxyl groups is 1. The van der Waals surface area contributed by atoms with Crippen molar-refractivity contribution in [2.24, 2.45) is 5.92 Å². The van der Waals surface area contributed by atoms with Gasteiger partial charge in [-0.05, 0) is 38.2 Å². The highest BCUT2D eigenvalue weighted by molar-refractivity contribution is 5.81. The molecule has 1 aromatic rings. The van der Waals surface area contributed by atoms with E-state index in [1.807, 2.05) is 40.1 Å². The summed E-state index contributed by atoms with van der Waals surface area (Å²) in [6.45, 7) is 4.70. The van der Waals surface area contributed by atoms with Gasteiger partial charge in [-0.15, -0.1) is 0 Å². The highest BCUT2D eigenvalue weighted by Gasteiger charge is 2.32. The van der Waals surface area contributed by atoms with Gasteiger partial charge in [0, 0.05) is 26.2 Å². The molecule has 142 valence electrons. The maximum Gasteiger partial charge on any atom is 0.320 e. The lowest BCUT2D eigenvalue weighted by Gasteiger charge is -2.35. The van der Waals surface area contributed by atoms with Crippen LogP contribution in [0.1, 0.15) is 38.2 Å². The Morgan fingerprint density at radius 2 is 1.77 bits per heavy atom. The van der Waals surface area contributed by atoms with Crippen molar-refractivity contribution in [2.75, 3.05) is 32.7 Å². The zero-order chi connectivity index (χ0) is 18.6. The second-order valence-corrected chi connectivity index (χ2v) is 7.62. The second kappa shape index (κ2) is 8.08. The summed E-state index contributed by atoms with van der Waals surface area (Å²) in [5, 5.41) is 13.5. The van der Waals surface area contributed by atoms with E-state index in [1.54, 1.807) is 6.92 Å². The van der Waals surface area contributed by atoms with E-state index in [2.05, 4.69) is 5.32 Å². The van der Waals surface area contributed by atoms with Gasteiger partial charge in [-0.25, -0.2) is 4.79 Å². The molecular formula is C20H29N3O3. The summed E-state index contributed by atoms with van der Waals surface area (Å²) in [6, 6.07) is 9.40. The monoisotopic (exact) mass is 359 g/mol. The fourth-order valence-electron chi connectivity index (χ4n) is 3.78. The number of nitrogens with zero attached hydrogens (tertiary/aromatic N) is 2. The Morgan fingerprint density at radius 3 is 2.46 bits per heavy atom. The van der Waals surface area contributed by atoms with E-state index in [0.717, 1.165) is 50.9 Å². The number of hydrogen-bond donors (Lipinski definition) is 2. The van der Waals surface area contributed by atoms with Gasteiger partial charge in [0.1, 0.15) is 5.60 Å². The van der Waals surface area contributed by atoms with Gasteiger partial charge >= 0.3 is 6.03 Å². The predicted molar refractivity (Wildman–Crippen MR) is 99.5 cm³/mol. The van der Waals surface area contributed by atoms with E-state index in [0.29, 0.717) is 6.54 Å². The highest BCUT2D eigenvalue weighted by Crippen LogP contribution is 2.22. The standard InChI is InChI=1S/C20H29N3O3/c1-20(26,17-9-3-2-4-10-17)15-21-18(24)16-8-7-13-23(14-16)19(25)22-11-5-6-12-22/h2-4,9-10,16,26H,5-8,11-15H2,1H3,(H,21,24). The minimum atomic E-state index is -1.11. The number of benzene rings is 1. The molecule has 0 saturated carbocycles. The summed E-state index contributed by atoms with van der Waals surface area (Å²) < 4.78 is 0. The van der Waals surface area contributed by atoms with Gasteiger partial charge in [0.15, 0.2) is 0 Å². The molecule has 0 aromatic heterocycles. The largest absolute Gasteiger partial charge is 0.384 e. The Bertz CT molecular complexity index is 626. The van der Waals surface area contributed by atoms with Crippen LogP contribution in [-0.2, 0) is 10.4 Å². The molecule has 2 aliphatic heterocycles. The molecule has 0 aliphatic carbocycles. The Hall–Kier alpha value is -2.08. The van der Waals surface area contributed by atoms with Gasteiger partial charge in [-0.3, -0.25) is 4.79 Å². The number of urea groups is 1. The summed E-state index contributed by atoms with van der Waals surface area (Å²) >= 11 is 0. The van der Waals surface area contributed by atoms with E-state index in [9.17, 15) is 14.7 Å². The molecule has 0 radical (unpaired) electrons. The lowest BCUT2D eigenvalue weighted by atomic mass is 9.94. The Balaban J connectivity index is 1.53. The first-order valence-electron chi connectivity index (χ1n) is 9.57. The van der Waals surface area contributed by atoms with Crippen LogP contribution in [0.4, 0.5) is 4.79 Å². The van der Waals surface area contributed by atoms with Crippen molar-refractivity contribution in [2.45, 2.75) is 38.2 Å². The van der Waals surface area contributed by atoms with Gasteiger partial charge in [-0.1, -0.05) is 30.3 Å². The normalized spacial score (nSPS) is 22.8. The molecule has 0 spiro atoms. The van der Waals surface area contributed by atoms with Crippen LogP contribution in [0, 0.1) is 5.92 Å². The first kappa shape index (κ1) is 18.7. The van der Waals surface area contributed by atoms with Crippen molar-refractivity contribution in [3.8, 4) is 0 Å². The molecule has 2 heterocycles. The first-order chi connectivity index (χ1) is 12.5.